The van der Waals surface area contributed by atoms with Crippen LogP contribution in [0.3, 0.4) is 0 Å². The number of rotatable bonds is 3. The fourth-order valence-electron chi connectivity index (χ4n) is 1.40. The molecule has 0 amide bonds. The maximum Gasteiger partial charge on any atom is 0.131 e. The normalized spacial score (nSPS) is 12.3. The molecule has 0 aliphatic carbocycles. The van der Waals surface area contributed by atoms with Crippen LogP contribution < -0.4 is 4.74 Å². The van der Waals surface area contributed by atoms with Gasteiger partial charge in [0.25, 0.3) is 0 Å². The van der Waals surface area contributed by atoms with Gasteiger partial charge in [-0.05, 0) is 24.6 Å². The Morgan fingerprint density at radius 3 is 2.64 bits per heavy atom. The van der Waals surface area contributed by atoms with E-state index in [0.717, 1.165) is 5.56 Å². The third-order valence-corrected chi connectivity index (χ3v) is 2.12. The second kappa shape index (κ2) is 4.22. The molecule has 0 aliphatic heterocycles. The van der Waals surface area contributed by atoms with Crippen molar-refractivity contribution in [3.05, 3.63) is 29.1 Å². The fourth-order valence-corrected chi connectivity index (χ4v) is 1.40. The van der Waals surface area contributed by atoms with E-state index in [2.05, 4.69) is 0 Å². The van der Waals surface area contributed by atoms with Crippen LogP contribution in [-0.2, 0) is 4.79 Å². The van der Waals surface area contributed by atoms with Gasteiger partial charge in [0.15, 0.2) is 0 Å². The van der Waals surface area contributed by atoms with Crippen LogP contribution in [0.5, 0.6) is 5.75 Å². The summed E-state index contributed by atoms with van der Waals surface area (Å²) in [5.74, 6) is -0.436. The molecule has 1 aromatic rings. The zero-order valence-corrected chi connectivity index (χ0v) is 8.50. The summed E-state index contributed by atoms with van der Waals surface area (Å²) in [5.41, 5.74) is 1.11. The molecule has 0 spiro atoms. The lowest BCUT2D eigenvalue weighted by molar-refractivity contribution is -0.108. The highest BCUT2D eigenvalue weighted by atomic mass is 19.1. The average Bonchev–Trinajstić information content (AvgIpc) is 2.15. The summed E-state index contributed by atoms with van der Waals surface area (Å²) >= 11 is 0. The first-order valence-electron chi connectivity index (χ1n) is 4.39. The number of hydrogen-bond acceptors (Lipinski definition) is 2. The van der Waals surface area contributed by atoms with Crippen molar-refractivity contribution < 1.29 is 13.9 Å². The van der Waals surface area contributed by atoms with Gasteiger partial charge in [0.1, 0.15) is 17.9 Å². The van der Waals surface area contributed by atoms with Crippen molar-refractivity contribution in [2.75, 3.05) is 7.11 Å². The predicted octanol–water partition coefficient (Wildman–Crippen LogP) is 2.45. The zero-order valence-electron chi connectivity index (χ0n) is 8.50. The zero-order chi connectivity index (χ0) is 10.7. The number of aryl methyl sites for hydroxylation is 1. The van der Waals surface area contributed by atoms with Gasteiger partial charge >= 0.3 is 0 Å². The minimum absolute atomic E-state index is 0.327. The second-order valence-corrected chi connectivity index (χ2v) is 3.29. The van der Waals surface area contributed by atoms with Crippen molar-refractivity contribution in [1.82, 2.24) is 0 Å². The van der Waals surface area contributed by atoms with Gasteiger partial charge in [-0.15, -0.1) is 0 Å². The van der Waals surface area contributed by atoms with Crippen molar-refractivity contribution in [2.45, 2.75) is 19.8 Å². The van der Waals surface area contributed by atoms with Gasteiger partial charge in [0.2, 0.25) is 0 Å². The predicted molar refractivity (Wildman–Crippen MR) is 52.2 cm³/mol. The lowest BCUT2D eigenvalue weighted by Gasteiger charge is -2.12. The van der Waals surface area contributed by atoms with Crippen molar-refractivity contribution in [1.29, 1.82) is 0 Å². The number of methoxy groups -OCH3 is 1. The van der Waals surface area contributed by atoms with E-state index in [4.69, 9.17) is 4.74 Å². The molecule has 0 aliphatic rings. The van der Waals surface area contributed by atoms with E-state index < -0.39 is 5.92 Å². The number of aldehydes is 1. The molecule has 0 aromatic heterocycles. The maximum absolute atomic E-state index is 13.5. The Morgan fingerprint density at radius 2 is 2.14 bits per heavy atom. The molecule has 2 nitrogen and oxygen atoms in total. The summed E-state index contributed by atoms with van der Waals surface area (Å²) in [6, 6.07) is 3.12. The highest BCUT2D eigenvalue weighted by Crippen LogP contribution is 2.29. The Kier molecular flexibility index (Phi) is 3.23. The standard InChI is InChI=1S/C11H13FO2/c1-7-4-9(12)11(8(2)6-13)10(5-7)14-3/h4-6,8H,1-3H3. The van der Waals surface area contributed by atoms with Gasteiger partial charge in [0.05, 0.1) is 7.11 Å². The summed E-state index contributed by atoms with van der Waals surface area (Å²) in [6.45, 7) is 3.42. The van der Waals surface area contributed by atoms with Crippen molar-refractivity contribution >= 4 is 6.29 Å². The van der Waals surface area contributed by atoms with Crippen LogP contribution in [0, 0.1) is 12.7 Å². The molecule has 76 valence electrons. The highest BCUT2D eigenvalue weighted by Gasteiger charge is 2.16. The number of carbonyl (C=O) groups excluding carboxylic acids is 1. The molecule has 0 bridgehead atoms. The smallest absolute Gasteiger partial charge is 0.131 e. The third-order valence-electron chi connectivity index (χ3n) is 2.12. The lowest BCUT2D eigenvalue weighted by Crippen LogP contribution is -2.02. The van der Waals surface area contributed by atoms with Crippen LogP contribution >= 0.6 is 0 Å². The van der Waals surface area contributed by atoms with Crippen LogP contribution in [-0.4, -0.2) is 13.4 Å². The number of hydrogen-bond donors (Lipinski definition) is 0. The molecule has 0 saturated heterocycles. The molecule has 0 saturated carbocycles. The van der Waals surface area contributed by atoms with E-state index in [1.165, 1.54) is 13.2 Å². The van der Waals surface area contributed by atoms with Crippen molar-refractivity contribution in [3.8, 4) is 5.75 Å². The summed E-state index contributed by atoms with van der Waals surface area (Å²) in [7, 11) is 1.47. The summed E-state index contributed by atoms with van der Waals surface area (Å²) in [5, 5.41) is 0. The Balaban J connectivity index is 3.31. The van der Waals surface area contributed by atoms with Crippen LogP contribution in [0.2, 0.25) is 0 Å². The molecule has 1 unspecified atom stereocenters. The minimum Gasteiger partial charge on any atom is -0.496 e. The fraction of sp³-hybridized carbons (Fsp3) is 0.364. The maximum atomic E-state index is 13.5. The van der Waals surface area contributed by atoms with E-state index in [1.54, 1.807) is 19.9 Å². The second-order valence-electron chi connectivity index (χ2n) is 3.29. The molecule has 0 heterocycles. The van der Waals surface area contributed by atoms with Gasteiger partial charge in [-0.3, -0.25) is 0 Å². The monoisotopic (exact) mass is 196 g/mol. The number of benzene rings is 1. The molecule has 0 radical (unpaired) electrons. The Morgan fingerprint density at radius 1 is 1.50 bits per heavy atom. The SMILES string of the molecule is COc1cc(C)cc(F)c1C(C)C=O. The topological polar surface area (TPSA) is 26.3 Å². The van der Waals surface area contributed by atoms with E-state index in [-0.39, 0.29) is 5.82 Å². The van der Waals surface area contributed by atoms with E-state index in [0.29, 0.717) is 17.6 Å². The van der Waals surface area contributed by atoms with E-state index >= 15 is 0 Å². The molecule has 14 heavy (non-hydrogen) atoms. The van der Waals surface area contributed by atoms with Gasteiger partial charge in [-0.1, -0.05) is 6.92 Å². The summed E-state index contributed by atoms with van der Waals surface area (Å²) in [4.78, 5) is 10.6. The Hall–Kier alpha value is -1.38. The van der Waals surface area contributed by atoms with Gasteiger partial charge in [0, 0.05) is 11.5 Å². The van der Waals surface area contributed by atoms with Crippen molar-refractivity contribution in [3.63, 3.8) is 0 Å². The minimum atomic E-state index is -0.481. The van der Waals surface area contributed by atoms with Crippen LogP contribution in [0.4, 0.5) is 4.39 Å². The van der Waals surface area contributed by atoms with E-state index in [1.807, 2.05) is 0 Å². The van der Waals surface area contributed by atoms with Gasteiger partial charge < -0.3 is 9.53 Å². The first-order valence-corrected chi connectivity index (χ1v) is 4.39. The first-order chi connectivity index (χ1) is 6.60. The van der Waals surface area contributed by atoms with Crippen LogP contribution in [0.25, 0.3) is 0 Å². The molecule has 3 heteroatoms. The van der Waals surface area contributed by atoms with E-state index in [9.17, 15) is 9.18 Å². The number of ether oxygens (including phenoxy) is 1. The molecule has 0 N–H and O–H groups in total. The number of halogens is 1. The van der Waals surface area contributed by atoms with Crippen LogP contribution in [0.15, 0.2) is 12.1 Å². The molecule has 1 aromatic carbocycles. The summed E-state index contributed by atoms with van der Waals surface area (Å²) < 4.78 is 18.5. The molecule has 1 atom stereocenters. The Bertz CT molecular complexity index is 347. The molecular formula is C11H13FO2. The van der Waals surface area contributed by atoms with Crippen molar-refractivity contribution in [2.24, 2.45) is 0 Å². The largest absolute Gasteiger partial charge is 0.496 e. The van der Waals surface area contributed by atoms with Gasteiger partial charge in [-0.25, -0.2) is 4.39 Å². The Labute approximate surface area is 82.7 Å². The van der Waals surface area contributed by atoms with Crippen LogP contribution in [0.1, 0.15) is 24.0 Å². The first kappa shape index (κ1) is 10.7. The summed E-state index contributed by atoms with van der Waals surface area (Å²) in [6.07, 6.45) is 0.705. The quantitative estimate of drug-likeness (QED) is 0.694. The third kappa shape index (κ3) is 1.92. The van der Waals surface area contributed by atoms with Gasteiger partial charge in [-0.2, -0.15) is 0 Å². The highest BCUT2D eigenvalue weighted by molar-refractivity contribution is 5.64. The molecular weight excluding hydrogens is 183 g/mol. The average molecular weight is 196 g/mol. The molecule has 1 rings (SSSR count). The lowest BCUT2D eigenvalue weighted by atomic mass is 9.99. The molecule has 0 fully saturated rings. The number of carbonyl (C=O) groups is 1.